The molecule has 8 nitrogen and oxygen atoms in total. The molecule has 1 aromatic heterocycles. The molecular formula is C26H33N3O5. The molecule has 8 heteroatoms. The van der Waals surface area contributed by atoms with Crippen molar-refractivity contribution in [3.8, 4) is 11.6 Å². The number of aliphatic hydroxyl groups excluding tert-OH is 1. The van der Waals surface area contributed by atoms with E-state index in [4.69, 9.17) is 9.47 Å². The smallest absolute Gasteiger partial charge is 0.272 e. The third-order valence-electron chi connectivity index (χ3n) is 7.01. The topological polar surface area (TPSA) is 92.2 Å². The zero-order valence-electron chi connectivity index (χ0n) is 19.7. The molecule has 182 valence electrons. The molecule has 3 aliphatic heterocycles. The van der Waals surface area contributed by atoms with Crippen molar-refractivity contribution in [3.63, 3.8) is 0 Å². The summed E-state index contributed by atoms with van der Waals surface area (Å²) < 4.78 is 11.2. The lowest BCUT2D eigenvalue weighted by molar-refractivity contribution is 0.0297. The normalized spacial score (nSPS) is 18.9. The van der Waals surface area contributed by atoms with E-state index in [1.807, 2.05) is 17.0 Å². The SMILES string of the molecule is COc1cccc(C(=O)N2CCCCC3(CO)CCN(CC3)C(=O)c3ccccc3OCC2)n1. The van der Waals surface area contributed by atoms with E-state index in [1.54, 1.807) is 35.2 Å². The van der Waals surface area contributed by atoms with Crippen molar-refractivity contribution in [2.24, 2.45) is 5.41 Å². The minimum absolute atomic E-state index is 0.0504. The molecular weight excluding hydrogens is 434 g/mol. The molecule has 2 bridgehead atoms. The molecule has 1 aromatic carbocycles. The summed E-state index contributed by atoms with van der Waals surface area (Å²) in [5.74, 6) is 0.683. The standard InChI is InChI=1S/C26H33N3O5/c1-33-23-10-6-8-21(27-23)25(32)28-14-5-4-11-26(19-30)12-15-29(16-13-26)24(31)20-7-2-3-9-22(20)34-18-17-28/h2-3,6-10,30H,4-5,11-19H2,1H3. The lowest BCUT2D eigenvalue weighted by Gasteiger charge is -2.41. The molecule has 0 atom stereocenters. The van der Waals surface area contributed by atoms with Gasteiger partial charge in [0.15, 0.2) is 0 Å². The van der Waals surface area contributed by atoms with Gasteiger partial charge in [-0.2, -0.15) is 0 Å². The van der Waals surface area contributed by atoms with Crippen LogP contribution in [0.3, 0.4) is 0 Å². The lowest BCUT2D eigenvalue weighted by atomic mass is 9.75. The van der Waals surface area contributed by atoms with E-state index < -0.39 is 0 Å². The Bertz CT molecular complexity index is 1000. The zero-order valence-corrected chi connectivity index (χ0v) is 19.7. The quantitative estimate of drug-likeness (QED) is 0.746. The van der Waals surface area contributed by atoms with Gasteiger partial charge in [0.25, 0.3) is 11.8 Å². The molecule has 0 spiro atoms. The van der Waals surface area contributed by atoms with Crippen LogP contribution in [0.25, 0.3) is 0 Å². The Kier molecular flexibility index (Phi) is 7.67. The molecule has 2 amide bonds. The molecule has 3 aliphatic rings. The van der Waals surface area contributed by atoms with Crippen LogP contribution in [0.4, 0.5) is 0 Å². The molecule has 0 saturated carbocycles. The Hall–Kier alpha value is -3.13. The molecule has 1 fully saturated rings. The fourth-order valence-corrected chi connectivity index (χ4v) is 4.80. The second-order valence-electron chi connectivity index (χ2n) is 9.11. The van der Waals surface area contributed by atoms with Crippen LogP contribution in [0.1, 0.15) is 53.0 Å². The molecule has 0 unspecified atom stereocenters. The number of para-hydroxylation sites is 1. The number of nitrogens with zero attached hydrogens (tertiary/aromatic N) is 3. The van der Waals surface area contributed by atoms with Gasteiger partial charge in [-0.15, -0.1) is 0 Å². The van der Waals surface area contributed by atoms with Crippen LogP contribution in [-0.2, 0) is 0 Å². The first-order valence-corrected chi connectivity index (χ1v) is 12.0. The summed E-state index contributed by atoms with van der Waals surface area (Å²) >= 11 is 0. The van der Waals surface area contributed by atoms with Crippen LogP contribution in [0.15, 0.2) is 42.5 Å². The largest absolute Gasteiger partial charge is 0.491 e. The Balaban J connectivity index is 1.57. The monoisotopic (exact) mass is 467 g/mol. The van der Waals surface area contributed by atoms with Crippen molar-refractivity contribution in [1.82, 2.24) is 14.8 Å². The first kappa shape index (κ1) is 24.0. The molecule has 4 heterocycles. The van der Waals surface area contributed by atoms with E-state index in [9.17, 15) is 14.7 Å². The first-order chi connectivity index (χ1) is 16.5. The van der Waals surface area contributed by atoms with Crippen molar-refractivity contribution in [2.75, 3.05) is 46.5 Å². The van der Waals surface area contributed by atoms with Crippen LogP contribution >= 0.6 is 0 Å². The second-order valence-corrected chi connectivity index (χ2v) is 9.11. The van der Waals surface area contributed by atoms with Crippen LogP contribution in [-0.4, -0.2) is 78.2 Å². The number of aromatic nitrogens is 1. The number of rotatable bonds is 3. The Morgan fingerprint density at radius 1 is 1.06 bits per heavy atom. The highest BCUT2D eigenvalue weighted by atomic mass is 16.5. The molecule has 5 rings (SSSR count). The average Bonchev–Trinajstić information content (AvgIpc) is 2.90. The van der Waals surface area contributed by atoms with E-state index in [0.717, 1.165) is 32.1 Å². The zero-order chi connectivity index (χ0) is 24.0. The molecule has 34 heavy (non-hydrogen) atoms. The highest BCUT2D eigenvalue weighted by Gasteiger charge is 2.36. The van der Waals surface area contributed by atoms with Crippen molar-refractivity contribution in [2.45, 2.75) is 32.1 Å². The maximum absolute atomic E-state index is 13.3. The first-order valence-electron chi connectivity index (χ1n) is 12.0. The number of carbonyl (C=O) groups is 2. The van der Waals surface area contributed by atoms with Gasteiger partial charge in [0, 0.05) is 32.3 Å². The number of aliphatic hydroxyl groups is 1. The third kappa shape index (κ3) is 5.33. The van der Waals surface area contributed by atoms with E-state index in [2.05, 4.69) is 4.98 Å². The van der Waals surface area contributed by atoms with Crippen LogP contribution in [0.2, 0.25) is 0 Å². The summed E-state index contributed by atoms with van der Waals surface area (Å²) in [5, 5.41) is 10.2. The Morgan fingerprint density at radius 3 is 2.62 bits per heavy atom. The summed E-state index contributed by atoms with van der Waals surface area (Å²) in [4.78, 5) is 34.4. The minimum atomic E-state index is -0.180. The van der Waals surface area contributed by atoms with E-state index in [1.165, 1.54) is 7.11 Å². The number of amides is 2. The molecule has 1 N–H and O–H groups in total. The number of methoxy groups -OCH3 is 1. The maximum Gasteiger partial charge on any atom is 0.272 e. The van der Waals surface area contributed by atoms with E-state index >= 15 is 0 Å². The lowest BCUT2D eigenvalue weighted by Crippen LogP contribution is -2.44. The number of hydrogen-bond donors (Lipinski definition) is 1. The van der Waals surface area contributed by atoms with Crippen LogP contribution in [0, 0.1) is 5.41 Å². The molecule has 0 radical (unpaired) electrons. The fourth-order valence-electron chi connectivity index (χ4n) is 4.80. The summed E-state index contributed by atoms with van der Waals surface area (Å²) in [6, 6.07) is 12.4. The van der Waals surface area contributed by atoms with Gasteiger partial charge in [0.2, 0.25) is 5.88 Å². The summed E-state index contributed by atoms with van der Waals surface area (Å²) in [7, 11) is 1.52. The Labute approximate surface area is 200 Å². The predicted molar refractivity (Wildman–Crippen MR) is 127 cm³/mol. The van der Waals surface area contributed by atoms with Crippen molar-refractivity contribution >= 4 is 11.8 Å². The van der Waals surface area contributed by atoms with Gasteiger partial charge < -0.3 is 24.4 Å². The average molecular weight is 468 g/mol. The van der Waals surface area contributed by atoms with Gasteiger partial charge in [0.1, 0.15) is 18.1 Å². The van der Waals surface area contributed by atoms with Gasteiger partial charge in [-0.1, -0.05) is 24.6 Å². The van der Waals surface area contributed by atoms with Crippen molar-refractivity contribution in [1.29, 1.82) is 0 Å². The van der Waals surface area contributed by atoms with Gasteiger partial charge in [-0.3, -0.25) is 9.59 Å². The molecule has 2 aromatic rings. The second kappa shape index (κ2) is 10.9. The number of ether oxygens (including phenoxy) is 2. The van der Waals surface area contributed by atoms with Crippen molar-refractivity contribution < 1.29 is 24.2 Å². The number of fused-ring (bicyclic) bond motifs is 9. The van der Waals surface area contributed by atoms with E-state index in [0.29, 0.717) is 49.1 Å². The highest BCUT2D eigenvalue weighted by Crippen LogP contribution is 2.37. The number of piperidine rings is 1. The van der Waals surface area contributed by atoms with Gasteiger partial charge in [0.05, 0.1) is 19.2 Å². The molecule has 0 aliphatic carbocycles. The van der Waals surface area contributed by atoms with Gasteiger partial charge in [-0.25, -0.2) is 4.98 Å². The maximum atomic E-state index is 13.3. The molecule has 1 saturated heterocycles. The van der Waals surface area contributed by atoms with Crippen LogP contribution < -0.4 is 9.47 Å². The predicted octanol–water partition coefficient (Wildman–Crippen LogP) is 3.01. The Morgan fingerprint density at radius 2 is 1.85 bits per heavy atom. The fraction of sp³-hybridized carbons (Fsp3) is 0.500. The van der Waals surface area contributed by atoms with E-state index in [-0.39, 0.29) is 30.4 Å². The summed E-state index contributed by atoms with van der Waals surface area (Å²) in [5.41, 5.74) is 0.684. The van der Waals surface area contributed by atoms with Crippen LogP contribution in [0.5, 0.6) is 11.6 Å². The highest BCUT2D eigenvalue weighted by molar-refractivity contribution is 5.97. The summed E-state index contributed by atoms with van der Waals surface area (Å²) in [6.45, 7) is 2.57. The number of benzene rings is 1. The summed E-state index contributed by atoms with van der Waals surface area (Å²) in [6.07, 6.45) is 4.13. The number of carbonyl (C=O) groups excluding carboxylic acids is 2. The van der Waals surface area contributed by atoms with Gasteiger partial charge >= 0.3 is 0 Å². The number of pyridine rings is 1. The van der Waals surface area contributed by atoms with Gasteiger partial charge in [-0.05, 0) is 49.3 Å². The number of hydrogen-bond acceptors (Lipinski definition) is 6. The minimum Gasteiger partial charge on any atom is -0.491 e. The third-order valence-corrected chi connectivity index (χ3v) is 7.01. The van der Waals surface area contributed by atoms with Crippen molar-refractivity contribution in [3.05, 3.63) is 53.7 Å².